The van der Waals surface area contributed by atoms with Crippen LogP contribution in [0.15, 0.2) is 29.8 Å². The SMILES string of the molecule is COc1ccc(CNC(=O)c2nc(Cl)nc3ccsc23)cn1. The van der Waals surface area contributed by atoms with Gasteiger partial charge in [0.15, 0.2) is 5.69 Å². The summed E-state index contributed by atoms with van der Waals surface area (Å²) in [4.78, 5) is 24.5. The van der Waals surface area contributed by atoms with Gasteiger partial charge in [-0.05, 0) is 28.6 Å². The largest absolute Gasteiger partial charge is 0.481 e. The summed E-state index contributed by atoms with van der Waals surface area (Å²) in [5.74, 6) is 0.227. The molecule has 8 heteroatoms. The van der Waals surface area contributed by atoms with Crippen molar-refractivity contribution in [3.05, 3.63) is 46.3 Å². The average Bonchev–Trinajstić information content (AvgIpc) is 3.00. The first-order valence-corrected chi connectivity index (χ1v) is 7.61. The molecule has 0 spiro atoms. The number of aromatic nitrogens is 3. The van der Waals surface area contributed by atoms with E-state index in [9.17, 15) is 4.79 Å². The quantitative estimate of drug-likeness (QED) is 0.742. The van der Waals surface area contributed by atoms with E-state index in [1.807, 2.05) is 11.4 Å². The molecule has 3 aromatic heterocycles. The van der Waals surface area contributed by atoms with Crippen molar-refractivity contribution in [2.45, 2.75) is 6.54 Å². The van der Waals surface area contributed by atoms with Gasteiger partial charge in [-0.3, -0.25) is 4.79 Å². The van der Waals surface area contributed by atoms with Crippen LogP contribution in [0.3, 0.4) is 0 Å². The van der Waals surface area contributed by atoms with Gasteiger partial charge in [0.25, 0.3) is 5.91 Å². The molecule has 0 fully saturated rings. The van der Waals surface area contributed by atoms with Gasteiger partial charge in [0.2, 0.25) is 11.2 Å². The molecular formula is C14H11ClN4O2S. The van der Waals surface area contributed by atoms with E-state index in [1.54, 1.807) is 25.4 Å². The molecule has 0 saturated heterocycles. The number of fused-ring (bicyclic) bond motifs is 1. The molecule has 112 valence electrons. The topological polar surface area (TPSA) is 77.0 Å². The number of pyridine rings is 1. The number of methoxy groups -OCH3 is 1. The van der Waals surface area contributed by atoms with Crippen LogP contribution in [0.1, 0.15) is 16.1 Å². The Kier molecular flexibility index (Phi) is 4.17. The summed E-state index contributed by atoms with van der Waals surface area (Å²) in [7, 11) is 1.55. The summed E-state index contributed by atoms with van der Waals surface area (Å²) >= 11 is 7.26. The lowest BCUT2D eigenvalue weighted by molar-refractivity contribution is 0.0948. The lowest BCUT2D eigenvalue weighted by Crippen LogP contribution is -2.24. The van der Waals surface area contributed by atoms with Crippen molar-refractivity contribution in [2.75, 3.05) is 7.11 Å². The second-order valence-corrected chi connectivity index (χ2v) is 5.62. The van der Waals surface area contributed by atoms with Crippen LogP contribution in [0.25, 0.3) is 10.2 Å². The molecule has 0 radical (unpaired) electrons. The van der Waals surface area contributed by atoms with E-state index in [2.05, 4.69) is 20.3 Å². The molecule has 0 aliphatic carbocycles. The smallest absolute Gasteiger partial charge is 0.271 e. The minimum absolute atomic E-state index is 0.0576. The maximum Gasteiger partial charge on any atom is 0.271 e. The van der Waals surface area contributed by atoms with Crippen molar-refractivity contribution in [1.29, 1.82) is 0 Å². The number of nitrogens with zero attached hydrogens (tertiary/aromatic N) is 3. The van der Waals surface area contributed by atoms with Crippen molar-refractivity contribution in [1.82, 2.24) is 20.3 Å². The van der Waals surface area contributed by atoms with E-state index < -0.39 is 0 Å². The Morgan fingerprint density at radius 1 is 1.36 bits per heavy atom. The third-order valence-corrected chi connectivity index (χ3v) is 4.03. The van der Waals surface area contributed by atoms with Crippen LogP contribution in [0.2, 0.25) is 5.28 Å². The van der Waals surface area contributed by atoms with E-state index in [-0.39, 0.29) is 16.9 Å². The van der Waals surface area contributed by atoms with E-state index in [0.717, 1.165) is 10.3 Å². The molecule has 1 amide bonds. The predicted molar refractivity (Wildman–Crippen MR) is 84.4 cm³/mol. The van der Waals surface area contributed by atoms with Crippen molar-refractivity contribution in [3.8, 4) is 5.88 Å². The van der Waals surface area contributed by atoms with E-state index in [1.165, 1.54) is 11.3 Å². The van der Waals surface area contributed by atoms with Crippen LogP contribution in [-0.4, -0.2) is 28.0 Å². The maximum absolute atomic E-state index is 12.3. The number of carbonyl (C=O) groups is 1. The van der Waals surface area contributed by atoms with Crippen LogP contribution in [0.5, 0.6) is 5.88 Å². The molecule has 3 rings (SSSR count). The molecule has 0 saturated carbocycles. The highest BCUT2D eigenvalue weighted by Crippen LogP contribution is 2.23. The highest BCUT2D eigenvalue weighted by atomic mass is 35.5. The van der Waals surface area contributed by atoms with Crippen LogP contribution in [-0.2, 0) is 6.54 Å². The predicted octanol–water partition coefficient (Wildman–Crippen LogP) is 2.68. The van der Waals surface area contributed by atoms with Crippen LogP contribution >= 0.6 is 22.9 Å². The Bertz CT molecular complexity index is 819. The molecule has 0 unspecified atom stereocenters. The van der Waals surface area contributed by atoms with Gasteiger partial charge < -0.3 is 10.1 Å². The van der Waals surface area contributed by atoms with Gasteiger partial charge in [-0.15, -0.1) is 11.3 Å². The molecule has 0 bridgehead atoms. The van der Waals surface area contributed by atoms with E-state index in [4.69, 9.17) is 16.3 Å². The monoisotopic (exact) mass is 334 g/mol. The molecule has 1 N–H and O–H groups in total. The van der Waals surface area contributed by atoms with Crippen LogP contribution in [0, 0.1) is 0 Å². The zero-order chi connectivity index (χ0) is 15.5. The summed E-state index contributed by atoms with van der Waals surface area (Å²) in [6.07, 6.45) is 1.65. The number of amides is 1. The molecule has 3 aromatic rings. The van der Waals surface area contributed by atoms with E-state index >= 15 is 0 Å². The lowest BCUT2D eigenvalue weighted by atomic mass is 10.2. The second kappa shape index (κ2) is 6.25. The zero-order valence-electron chi connectivity index (χ0n) is 11.5. The number of hydrogen-bond acceptors (Lipinski definition) is 6. The minimum Gasteiger partial charge on any atom is -0.481 e. The molecule has 22 heavy (non-hydrogen) atoms. The summed E-state index contributed by atoms with van der Waals surface area (Å²) in [5, 5.41) is 4.70. The Morgan fingerprint density at radius 3 is 2.95 bits per heavy atom. The Labute approximate surface area is 135 Å². The number of hydrogen-bond donors (Lipinski definition) is 1. The first-order valence-electron chi connectivity index (χ1n) is 6.35. The second-order valence-electron chi connectivity index (χ2n) is 4.37. The van der Waals surface area contributed by atoms with Crippen molar-refractivity contribution >= 4 is 39.1 Å². The summed E-state index contributed by atoms with van der Waals surface area (Å²) < 4.78 is 5.71. The molecule has 0 aromatic carbocycles. The van der Waals surface area contributed by atoms with Gasteiger partial charge in [0.1, 0.15) is 0 Å². The number of nitrogens with one attached hydrogen (secondary N) is 1. The summed E-state index contributed by atoms with van der Waals surface area (Å²) in [5.41, 5.74) is 1.81. The average molecular weight is 335 g/mol. The van der Waals surface area contributed by atoms with Crippen molar-refractivity contribution in [3.63, 3.8) is 0 Å². The third-order valence-electron chi connectivity index (χ3n) is 2.95. The molecule has 3 heterocycles. The molecule has 6 nitrogen and oxygen atoms in total. The molecule has 0 aliphatic rings. The fraction of sp³-hybridized carbons (Fsp3) is 0.143. The zero-order valence-corrected chi connectivity index (χ0v) is 13.1. The fourth-order valence-electron chi connectivity index (χ4n) is 1.89. The Balaban J connectivity index is 1.76. The van der Waals surface area contributed by atoms with Gasteiger partial charge in [0.05, 0.1) is 17.3 Å². The highest BCUT2D eigenvalue weighted by Gasteiger charge is 2.15. The highest BCUT2D eigenvalue weighted by molar-refractivity contribution is 7.17. The first-order chi connectivity index (χ1) is 10.7. The maximum atomic E-state index is 12.3. The number of ether oxygens (including phenoxy) is 1. The van der Waals surface area contributed by atoms with Crippen LogP contribution in [0.4, 0.5) is 0 Å². The number of halogens is 1. The standard InChI is InChI=1S/C14H11ClN4O2S/c1-21-10-3-2-8(6-16-10)7-17-13(20)11-12-9(4-5-22-12)18-14(15)19-11/h2-6H,7H2,1H3,(H,17,20). The van der Waals surface area contributed by atoms with Gasteiger partial charge >= 0.3 is 0 Å². The van der Waals surface area contributed by atoms with Gasteiger partial charge in [0, 0.05) is 18.8 Å². The van der Waals surface area contributed by atoms with Gasteiger partial charge in [-0.25, -0.2) is 15.0 Å². The molecule has 0 aliphatic heterocycles. The van der Waals surface area contributed by atoms with E-state index in [0.29, 0.717) is 17.9 Å². The first kappa shape index (κ1) is 14.7. The van der Waals surface area contributed by atoms with Crippen molar-refractivity contribution in [2.24, 2.45) is 0 Å². The Morgan fingerprint density at radius 2 is 2.23 bits per heavy atom. The fourth-order valence-corrected chi connectivity index (χ4v) is 2.88. The number of carbonyl (C=O) groups excluding carboxylic acids is 1. The van der Waals surface area contributed by atoms with Gasteiger partial charge in [-0.1, -0.05) is 6.07 Å². The number of thiophene rings is 1. The molecule has 0 atom stereocenters. The third kappa shape index (κ3) is 3.00. The van der Waals surface area contributed by atoms with Gasteiger partial charge in [-0.2, -0.15) is 0 Å². The summed E-state index contributed by atoms with van der Waals surface area (Å²) in [6, 6.07) is 5.37. The normalized spacial score (nSPS) is 10.6. The summed E-state index contributed by atoms with van der Waals surface area (Å²) in [6.45, 7) is 0.338. The Hall–Kier alpha value is -2.25. The minimum atomic E-state index is -0.299. The molecular weight excluding hydrogens is 324 g/mol. The van der Waals surface area contributed by atoms with Crippen LogP contribution < -0.4 is 10.1 Å². The number of rotatable bonds is 4. The van der Waals surface area contributed by atoms with Crippen molar-refractivity contribution < 1.29 is 9.53 Å². The lowest BCUT2D eigenvalue weighted by Gasteiger charge is -2.06.